The average molecular weight is 253 g/mol. The third kappa shape index (κ3) is 2.22. The van der Waals surface area contributed by atoms with Crippen molar-refractivity contribution in [3.05, 3.63) is 30.1 Å². The summed E-state index contributed by atoms with van der Waals surface area (Å²) in [4.78, 5) is 15.7. The Kier molecular flexibility index (Phi) is 3.50. The van der Waals surface area contributed by atoms with Gasteiger partial charge in [0.1, 0.15) is 5.37 Å². The molecule has 1 amide bonds. The zero-order valence-corrected chi connectivity index (χ0v) is 10.6. The zero-order valence-electron chi connectivity index (χ0n) is 8.95. The highest BCUT2D eigenvalue weighted by Crippen LogP contribution is 2.40. The van der Waals surface area contributed by atoms with Crippen molar-refractivity contribution < 1.29 is 4.79 Å². The van der Waals surface area contributed by atoms with Crippen molar-refractivity contribution in [2.24, 2.45) is 5.10 Å². The minimum absolute atomic E-state index is 0.0628. The van der Waals surface area contributed by atoms with Gasteiger partial charge >= 0.3 is 0 Å². The molecule has 0 saturated carbocycles. The number of carbonyl (C=O) groups is 1. The number of rotatable bonds is 1. The molecule has 1 aliphatic rings. The molecule has 0 aromatic carbocycles. The quantitative estimate of drug-likeness (QED) is 0.770. The van der Waals surface area contributed by atoms with Crippen LogP contribution in [-0.4, -0.2) is 26.5 Å². The summed E-state index contributed by atoms with van der Waals surface area (Å²) in [5, 5.41) is 5.61. The van der Waals surface area contributed by atoms with Gasteiger partial charge in [-0.2, -0.15) is 5.10 Å². The smallest absolute Gasteiger partial charge is 0.241 e. The number of pyridine rings is 1. The van der Waals surface area contributed by atoms with Crippen molar-refractivity contribution in [1.29, 1.82) is 0 Å². The molecule has 84 valence electrons. The van der Waals surface area contributed by atoms with Gasteiger partial charge in [0.05, 0.1) is 5.69 Å². The fourth-order valence-electron chi connectivity index (χ4n) is 1.34. The van der Waals surface area contributed by atoms with E-state index >= 15 is 0 Å². The van der Waals surface area contributed by atoms with E-state index in [4.69, 9.17) is 0 Å². The Morgan fingerprint density at radius 1 is 1.56 bits per heavy atom. The predicted molar refractivity (Wildman–Crippen MR) is 68.0 cm³/mol. The van der Waals surface area contributed by atoms with Crippen LogP contribution >= 0.6 is 23.5 Å². The molecule has 0 N–H and O–H groups in total. The standard InChI is InChI=1S/C10H11N3OS2/c1-7(14)13-9(16-10(12-13)15-2)8-5-3-4-6-11-8/h3-6,9H,1-2H3. The van der Waals surface area contributed by atoms with Crippen molar-refractivity contribution >= 4 is 33.8 Å². The van der Waals surface area contributed by atoms with Gasteiger partial charge in [-0.15, -0.1) is 11.8 Å². The summed E-state index contributed by atoms with van der Waals surface area (Å²) >= 11 is 3.10. The number of amides is 1. The topological polar surface area (TPSA) is 45.6 Å². The van der Waals surface area contributed by atoms with Crippen molar-refractivity contribution in [1.82, 2.24) is 9.99 Å². The molecule has 2 heterocycles. The third-order valence-electron chi connectivity index (χ3n) is 2.06. The van der Waals surface area contributed by atoms with Crippen molar-refractivity contribution in [2.45, 2.75) is 12.3 Å². The molecule has 2 rings (SSSR count). The van der Waals surface area contributed by atoms with Crippen LogP contribution in [0.1, 0.15) is 18.0 Å². The summed E-state index contributed by atoms with van der Waals surface area (Å²) in [5.74, 6) is -0.0628. The van der Waals surface area contributed by atoms with Crippen LogP contribution < -0.4 is 0 Å². The Morgan fingerprint density at radius 2 is 2.38 bits per heavy atom. The summed E-state index contributed by atoms with van der Waals surface area (Å²) in [6.45, 7) is 1.52. The van der Waals surface area contributed by atoms with Gasteiger partial charge in [-0.05, 0) is 18.4 Å². The van der Waals surface area contributed by atoms with Crippen molar-refractivity contribution in [2.75, 3.05) is 6.26 Å². The lowest BCUT2D eigenvalue weighted by Crippen LogP contribution is -2.23. The summed E-state index contributed by atoms with van der Waals surface area (Å²) in [6, 6.07) is 5.68. The third-order valence-corrected chi connectivity index (χ3v) is 4.23. The number of hydrogen-bond donors (Lipinski definition) is 0. The van der Waals surface area contributed by atoms with Gasteiger partial charge in [0.25, 0.3) is 0 Å². The Hall–Kier alpha value is -1.01. The molecule has 0 bridgehead atoms. The van der Waals surface area contributed by atoms with Gasteiger partial charge < -0.3 is 0 Å². The lowest BCUT2D eigenvalue weighted by Gasteiger charge is -2.17. The van der Waals surface area contributed by atoms with Crippen LogP contribution in [0, 0.1) is 0 Å². The molecular formula is C10H11N3OS2. The average Bonchev–Trinajstić information content (AvgIpc) is 2.74. The first kappa shape index (κ1) is 11.5. The molecule has 0 fully saturated rings. The molecule has 4 nitrogen and oxygen atoms in total. The Bertz CT molecular complexity index is 421. The van der Waals surface area contributed by atoms with Crippen LogP contribution in [-0.2, 0) is 4.79 Å². The highest BCUT2D eigenvalue weighted by atomic mass is 32.2. The van der Waals surface area contributed by atoms with E-state index in [9.17, 15) is 4.79 Å². The van der Waals surface area contributed by atoms with E-state index in [0.29, 0.717) is 0 Å². The van der Waals surface area contributed by atoms with Gasteiger partial charge in [0.15, 0.2) is 4.38 Å². The number of carbonyl (C=O) groups excluding carboxylic acids is 1. The van der Waals surface area contributed by atoms with Crippen LogP contribution in [0.25, 0.3) is 0 Å². The maximum Gasteiger partial charge on any atom is 0.241 e. The van der Waals surface area contributed by atoms with E-state index in [2.05, 4.69) is 10.1 Å². The first-order valence-electron chi connectivity index (χ1n) is 4.72. The second kappa shape index (κ2) is 4.88. The second-order valence-corrected chi connectivity index (χ2v) is 5.28. The van der Waals surface area contributed by atoms with Gasteiger partial charge in [0, 0.05) is 13.1 Å². The normalized spacial score (nSPS) is 19.8. The predicted octanol–water partition coefficient (Wildman–Crippen LogP) is 2.31. The largest absolute Gasteiger partial charge is 0.273 e. The zero-order chi connectivity index (χ0) is 11.5. The summed E-state index contributed by atoms with van der Waals surface area (Å²) < 4.78 is 0.894. The van der Waals surface area contributed by atoms with E-state index in [-0.39, 0.29) is 11.3 Å². The van der Waals surface area contributed by atoms with Gasteiger partial charge in [-0.1, -0.05) is 17.8 Å². The number of thioether (sulfide) groups is 2. The fraction of sp³-hybridized carbons (Fsp3) is 0.300. The number of hydrazone groups is 1. The molecule has 6 heteroatoms. The van der Waals surface area contributed by atoms with Gasteiger partial charge in [-0.3, -0.25) is 9.78 Å². The highest BCUT2D eigenvalue weighted by Gasteiger charge is 2.32. The fourth-order valence-corrected chi connectivity index (χ4v) is 3.05. The molecule has 0 radical (unpaired) electrons. The maximum atomic E-state index is 11.5. The number of nitrogens with zero attached hydrogens (tertiary/aromatic N) is 3. The van der Waals surface area contributed by atoms with E-state index in [1.807, 2.05) is 24.5 Å². The van der Waals surface area contributed by atoms with E-state index < -0.39 is 0 Å². The summed E-state index contributed by atoms with van der Waals surface area (Å²) in [5.41, 5.74) is 0.857. The SMILES string of the molecule is CSC1=NN(C(C)=O)C(c2ccccn2)S1. The van der Waals surface area contributed by atoms with Crippen LogP contribution in [0.5, 0.6) is 0 Å². The molecule has 1 unspecified atom stereocenters. The number of hydrogen-bond acceptors (Lipinski definition) is 5. The molecule has 16 heavy (non-hydrogen) atoms. The lowest BCUT2D eigenvalue weighted by molar-refractivity contribution is -0.129. The van der Waals surface area contributed by atoms with E-state index in [0.717, 1.165) is 10.1 Å². The maximum absolute atomic E-state index is 11.5. The molecular weight excluding hydrogens is 242 g/mol. The second-order valence-electron chi connectivity index (χ2n) is 3.16. The minimum Gasteiger partial charge on any atom is -0.273 e. The molecule has 1 aliphatic heterocycles. The summed E-state index contributed by atoms with van der Waals surface area (Å²) in [6.07, 6.45) is 3.68. The number of aromatic nitrogens is 1. The first-order chi connectivity index (χ1) is 7.72. The first-order valence-corrected chi connectivity index (χ1v) is 6.83. The Labute approximate surface area is 103 Å². The molecule has 0 spiro atoms. The Balaban J connectivity index is 2.27. The van der Waals surface area contributed by atoms with Gasteiger partial charge in [-0.25, -0.2) is 5.01 Å². The van der Waals surface area contributed by atoms with Crippen molar-refractivity contribution in [3.63, 3.8) is 0 Å². The minimum atomic E-state index is -0.124. The van der Waals surface area contributed by atoms with E-state index in [1.54, 1.807) is 29.7 Å². The lowest BCUT2D eigenvalue weighted by atomic mass is 10.3. The molecule has 1 aromatic rings. The van der Waals surface area contributed by atoms with Crippen LogP contribution in [0.2, 0.25) is 0 Å². The molecule has 0 aliphatic carbocycles. The molecule has 1 aromatic heterocycles. The van der Waals surface area contributed by atoms with Crippen molar-refractivity contribution in [3.8, 4) is 0 Å². The molecule has 0 saturated heterocycles. The van der Waals surface area contributed by atoms with Crippen LogP contribution in [0.3, 0.4) is 0 Å². The highest BCUT2D eigenvalue weighted by molar-refractivity contribution is 8.38. The molecule has 1 atom stereocenters. The summed E-state index contributed by atoms with van der Waals surface area (Å²) in [7, 11) is 0. The monoisotopic (exact) mass is 253 g/mol. The van der Waals surface area contributed by atoms with E-state index in [1.165, 1.54) is 11.9 Å². The van der Waals surface area contributed by atoms with Crippen LogP contribution in [0.4, 0.5) is 0 Å². The Morgan fingerprint density at radius 3 is 2.94 bits per heavy atom. The van der Waals surface area contributed by atoms with Gasteiger partial charge in [0.2, 0.25) is 5.91 Å². The van der Waals surface area contributed by atoms with Crippen LogP contribution in [0.15, 0.2) is 29.5 Å².